The summed E-state index contributed by atoms with van der Waals surface area (Å²) in [5.41, 5.74) is 6.26. The van der Waals surface area contributed by atoms with Crippen molar-refractivity contribution in [3.8, 4) is 11.8 Å². The van der Waals surface area contributed by atoms with Gasteiger partial charge in [0.05, 0.1) is 18.7 Å². The van der Waals surface area contributed by atoms with Crippen LogP contribution in [0.2, 0.25) is 0 Å². The third kappa shape index (κ3) is 4.65. The van der Waals surface area contributed by atoms with E-state index in [4.69, 9.17) is 10.5 Å². The number of hydrogen-bond donors (Lipinski definition) is 2. The molecule has 0 aromatic carbocycles. The highest BCUT2D eigenvalue weighted by Crippen LogP contribution is 2.28. The second-order valence-electron chi connectivity index (χ2n) is 4.68. The number of nitrogens with zero attached hydrogens (tertiary/aromatic N) is 1. The van der Waals surface area contributed by atoms with Crippen molar-refractivity contribution in [3.05, 3.63) is 29.6 Å². The molecule has 0 radical (unpaired) electrons. The summed E-state index contributed by atoms with van der Waals surface area (Å²) < 4.78 is 5.46. The van der Waals surface area contributed by atoms with Crippen molar-refractivity contribution in [3.63, 3.8) is 0 Å². The van der Waals surface area contributed by atoms with Gasteiger partial charge in [0.25, 0.3) is 5.91 Å². The topological polar surface area (TPSA) is 77.2 Å². The van der Waals surface area contributed by atoms with Crippen LogP contribution in [0.15, 0.2) is 18.3 Å². The van der Waals surface area contributed by atoms with Gasteiger partial charge in [-0.1, -0.05) is 11.8 Å². The minimum atomic E-state index is -0.234. The van der Waals surface area contributed by atoms with Gasteiger partial charge < -0.3 is 15.8 Å². The number of aromatic nitrogens is 1. The summed E-state index contributed by atoms with van der Waals surface area (Å²) in [6.07, 6.45) is 4.11. The van der Waals surface area contributed by atoms with E-state index in [-0.39, 0.29) is 12.5 Å². The summed E-state index contributed by atoms with van der Waals surface area (Å²) in [6, 6.07) is 3.50. The van der Waals surface area contributed by atoms with Crippen LogP contribution >= 0.6 is 0 Å². The predicted molar refractivity (Wildman–Crippen MR) is 76.0 cm³/mol. The minimum absolute atomic E-state index is 0.234. The molecule has 3 N–H and O–H groups in total. The van der Waals surface area contributed by atoms with Crippen molar-refractivity contribution >= 4 is 5.91 Å². The number of nitrogens with two attached hydrogens (primary N) is 1. The molecule has 0 spiro atoms. The molecule has 5 heteroatoms. The van der Waals surface area contributed by atoms with Gasteiger partial charge in [-0.25, -0.2) is 4.98 Å². The highest BCUT2D eigenvalue weighted by atomic mass is 16.5. The van der Waals surface area contributed by atoms with Crippen LogP contribution in [-0.4, -0.2) is 37.2 Å². The third-order valence-electron chi connectivity index (χ3n) is 2.93. The summed E-state index contributed by atoms with van der Waals surface area (Å²) in [4.78, 5) is 16.1. The van der Waals surface area contributed by atoms with E-state index in [2.05, 4.69) is 22.1 Å². The molecule has 0 unspecified atom stereocenters. The average molecular weight is 273 g/mol. The van der Waals surface area contributed by atoms with Crippen molar-refractivity contribution in [1.82, 2.24) is 10.3 Å². The first kappa shape index (κ1) is 14.5. The molecular formula is C15H19N3O2. The maximum Gasteiger partial charge on any atom is 0.271 e. The third-order valence-corrected chi connectivity index (χ3v) is 2.93. The molecule has 1 heterocycles. The first-order valence-corrected chi connectivity index (χ1v) is 6.81. The fraction of sp³-hybridized carbons (Fsp3) is 0.467. The summed E-state index contributed by atoms with van der Waals surface area (Å²) in [6.45, 7) is 2.06. The molecule has 5 nitrogen and oxygen atoms in total. The highest BCUT2D eigenvalue weighted by Gasteiger charge is 2.20. The maximum absolute atomic E-state index is 12.0. The minimum Gasteiger partial charge on any atom is -0.379 e. The Bertz CT molecular complexity index is 515. The molecule has 20 heavy (non-hydrogen) atoms. The zero-order chi connectivity index (χ0) is 14.2. The molecule has 1 aliphatic carbocycles. The van der Waals surface area contributed by atoms with Gasteiger partial charge in [-0.3, -0.25) is 4.79 Å². The van der Waals surface area contributed by atoms with Gasteiger partial charge in [-0.05, 0) is 30.9 Å². The van der Waals surface area contributed by atoms with E-state index >= 15 is 0 Å². The van der Waals surface area contributed by atoms with Crippen molar-refractivity contribution in [2.45, 2.75) is 12.8 Å². The molecule has 1 aromatic rings. The van der Waals surface area contributed by atoms with E-state index in [0.717, 1.165) is 12.5 Å². The molecule has 0 atom stereocenters. The van der Waals surface area contributed by atoms with E-state index in [0.29, 0.717) is 24.4 Å². The van der Waals surface area contributed by atoms with Crippen molar-refractivity contribution in [2.75, 3.05) is 26.3 Å². The Balaban J connectivity index is 1.81. The van der Waals surface area contributed by atoms with Crippen LogP contribution in [0.4, 0.5) is 0 Å². The zero-order valence-electron chi connectivity index (χ0n) is 11.4. The van der Waals surface area contributed by atoms with E-state index in [1.165, 1.54) is 12.8 Å². The number of carbonyl (C=O) groups is 1. The number of carbonyl (C=O) groups excluding carboxylic acids is 1. The fourth-order valence-corrected chi connectivity index (χ4v) is 1.69. The van der Waals surface area contributed by atoms with E-state index in [9.17, 15) is 4.79 Å². The second-order valence-corrected chi connectivity index (χ2v) is 4.68. The Hall–Kier alpha value is -1.90. The van der Waals surface area contributed by atoms with Gasteiger partial charge in [0.2, 0.25) is 0 Å². The van der Waals surface area contributed by atoms with Gasteiger partial charge in [0.1, 0.15) is 5.69 Å². The molecule has 1 aliphatic rings. The van der Waals surface area contributed by atoms with Crippen LogP contribution in [0.3, 0.4) is 0 Å². The Morgan fingerprint density at radius 2 is 2.40 bits per heavy atom. The van der Waals surface area contributed by atoms with Gasteiger partial charge in [-0.2, -0.15) is 0 Å². The first-order valence-electron chi connectivity index (χ1n) is 6.81. The van der Waals surface area contributed by atoms with Crippen LogP contribution in [0.1, 0.15) is 28.9 Å². The van der Waals surface area contributed by atoms with E-state index < -0.39 is 0 Å². The van der Waals surface area contributed by atoms with Crippen molar-refractivity contribution in [1.29, 1.82) is 0 Å². The molecule has 1 fully saturated rings. The van der Waals surface area contributed by atoms with Gasteiger partial charge in [0.15, 0.2) is 0 Å². The summed E-state index contributed by atoms with van der Waals surface area (Å²) in [5.74, 6) is 6.08. The zero-order valence-corrected chi connectivity index (χ0v) is 11.4. The highest BCUT2D eigenvalue weighted by molar-refractivity contribution is 5.94. The number of amides is 1. The van der Waals surface area contributed by atoms with Crippen LogP contribution in [0, 0.1) is 17.8 Å². The lowest BCUT2D eigenvalue weighted by Crippen LogP contribution is -2.28. The number of rotatable bonds is 6. The number of hydrogen-bond acceptors (Lipinski definition) is 4. The van der Waals surface area contributed by atoms with Crippen LogP contribution in [0.5, 0.6) is 0 Å². The van der Waals surface area contributed by atoms with Crippen molar-refractivity contribution < 1.29 is 9.53 Å². The van der Waals surface area contributed by atoms with Gasteiger partial charge in [0, 0.05) is 19.3 Å². The monoisotopic (exact) mass is 273 g/mol. The normalized spacial score (nSPS) is 13.4. The lowest BCUT2D eigenvalue weighted by molar-refractivity contribution is 0.0901. The molecule has 1 saturated carbocycles. The fourth-order valence-electron chi connectivity index (χ4n) is 1.69. The molecule has 1 amide bonds. The number of nitrogens with one attached hydrogen (secondary N) is 1. The van der Waals surface area contributed by atoms with Gasteiger partial charge >= 0.3 is 0 Å². The lowest BCUT2D eigenvalue weighted by Gasteiger charge is -2.06. The first-order chi connectivity index (χ1) is 9.81. The number of ether oxygens (including phenoxy) is 1. The molecule has 106 valence electrons. The molecule has 2 rings (SSSR count). The van der Waals surface area contributed by atoms with Crippen molar-refractivity contribution in [2.24, 2.45) is 11.7 Å². The second kappa shape index (κ2) is 7.63. The van der Waals surface area contributed by atoms with Gasteiger partial charge in [-0.15, -0.1) is 0 Å². The molecule has 0 saturated heterocycles. The Morgan fingerprint density at radius 1 is 1.55 bits per heavy atom. The van der Waals surface area contributed by atoms with Crippen LogP contribution in [-0.2, 0) is 4.74 Å². The average Bonchev–Trinajstić information content (AvgIpc) is 3.29. The quantitative estimate of drug-likeness (QED) is 0.586. The van der Waals surface area contributed by atoms with E-state index in [1.54, 1.807) is 18.3 Å². The summed E-state index contributed by atoms with van der Waals surface area (Å²) in [7, 11) is 0. The van der Waals surface area contributed by atoms with Crippen LogP contribution in [0.25, 0.3) is 0 Å². The Morgan fingerprint density at radius 3 is 3.15 bits per heavy atom. The molecule has 1 aromatic heterocycles. The smallest absolute Gasteiger partial charge is 0.271 e. The summed E-state index contributed by atoms with van der Waals surface area (Å²) in [5, 5.41) is 2.78. The van der Waals surface area contributed by atoms with E-state index in [1.807, 2.05) is 0 Å². The Labute approximate surface area is 118 Å². The van der Waals surface area contributed by atoms with Crippen LogP contribution < -0.4 is 11.1 Å². The SMILES string of the molecule is NCC#Cc1cccnc1C(=O)NCCOCC1CC1. The Kier molecular flexibility index (Phi) is 5.54. The lowest BCUT2D eigenvalue weighted by atomic mass is 10.2. The molecule has 0 bridgehead atoms. The molecule has 0 aliphatic heterocycles. The maximum atomic E-state index is 12.0. The molecular weight excluding hydrogens is 254 g/mol. The largest absolute Gasteiger partial charge is 0.379 e. The predicted octanol–water partition coefficient (Wildman–Crippen LogP) is 0.548. The summed E-state index contributed by atoms with van der Waals surface area (Å²) >= 11 is 0. The number of pyridine rings is 1. The standard InChI is InChI=1S/C15H19N3O2/c16-7-1-3-13-4-2-8-17-14(13)15(19)18-9-10-20-11-12-5-6-12/h2,4,8,12H,5-7,9-11,16H2,(H,18,19).